The van der Waals surface area contributed by atoms with Crippen molar-refractivity contribution in [3.8, 4) is 0 Å². The van der Waals surface area contributed by atoms with Gasteiger partial charge in [-0.2, -0.15) is 0 Å². The van der Waals surface area contributed by atoms with Gasteiger partial charge in [-0.15, -0.1) is 0 Å². The van der Waals surface area contributed by atoms with Gasteiger partial charge in [0.25, 0.3) is 5.91 Å². The molecule has 1 saturated heterocycles. The third kappa shape index (κ3) is 4.13. The van der Waals surface area contributed by atoms with E-state index in [2.05, 4.69) is 50.7 Å². The number of amidine groups is 1. The second kappa shape index (κ2) is 8.29. The van der Waals surface area contributed by atoms with E-state index in [9.17, 15) is 4.79 Å². The first-order chi connectivity index (χ1) is 13.5. The number of benzene rings is 1. The Labute approximate surface area is 178 Å². The summed E-state index contributed by atoms with van der Waals surface area (Å²) in [7, 11) is 0. The number of hydrogen-bond donors (Lipinski definition) is 1. The minimum Gasteiger partial charge on any atom is -0.346 e. The van der Waals surface area contributed by atoms with Crippen LogP contribution in [0.2, 0.25) is 0 Å². The lowest BCUT2D eigenvalue weighted by Crippen LogP contribution is -2.19. The number of halogens is 1. The average Bonchev–Trinajstić information content (AvgIpc) is 3.14. The number of aromatic nitrogens is 1. The van der Waals surface area contributed by atoms with E-state index in [1.165, 1.54) is 55.3 Å². The molecule has 0 atom stereocenters. The second-order valence-electron chi connectivity index (χ2n) is 7.45. The average molecular weight is 458 g/mol. The normalized spacial score (nSPS) is 20.9. The van der Waals surface area contributed by atoms with Gasteiger partial charge in [-0.1, -0.05) is 41.3 Å². The molecule has 4 rings (SSSR count). The lowest BCUT2D eigenvalue weighted by atomic mass is 9.95. The first-order valence-corrected chi connectivity index (χ1v) is 11.4. The Morgan fingerprint density at radius 2 is 2.00 bits per heavy atom. The number of carbonyl (C=O) groups excluding carboxylic acids is 1. The van der Waals surface area contributed by atoms with Gasteiger partial charge >= 0.3 is 0 Å². The molecule has 146 valence electrons. The molecular formula is C22H24BrN3OS. The summed E-state index contributed by atoms with van der Waals surface area (Å²) in [4.78, 5) is 17.7. The minimum absolute atomic E-state index is 0.0822. The maximum absolute atomic E-state index is 12.5. The number of thioether (sulfide) groups is 1. The van der Waals surface area contributed by atoms with Crippen molar-refractivity contribution in [1.29, 1.82) is 0 Å². The number of rotatable bonds is 3. The van der Waals surface area contributed by atoms with Crippen molar-refractivity contribution in [3.63, 3.8) is 0 Å². The fraction of sp³-hybridized carbons (Fsp3) is 0.364. The summed E-state index contributed by atoms with van der Waals surface area (Å²) < 4.78 is 3.44. The molecule has 6 heteroatoms. The van der Waals surface area contributed by atoms with E-state index in [1.807, 2.05) is 30.3 Å². The summed E-state index contributed by atoms with van der Waals surface area (Å²) in [5.74, 6) is -0.0822. The van der Waals surface area contributed by atoms with Crippen molar-refractivity contribution >= 4 is 50.5 Å². The highest BCUT2D eigenvalue weighted by Crippen LogP contribution is 2.34. The molecule has 2 heterocycles. The molecule has 0 unspecified atom stereocenters. The molecule has 0 radical (unpaired) electrons. The lowest BCUT2D eigenvalue weighted by Gasteiger charge is -2.26. The molecule has 2 aromatic rings. The van der Waals surface area contributed by atoms with Gasteiger partial charge in [0.2, 0.25) is 0 Å². The third-order valence-electron chi connectivity index (χ3n) is 5.44. The van der Waals surface area contributed by atoms with Gasteiger partial charge in [-0.05, 0) is 74.4 Å². The summed E-state index contributed by atoms with van der Waals surface area (Å²) in [6.45, 7) is 4.34. The van der Waals surface area contributed by atoms with Crippen LogP contribution in [0.25, 0.3) is 6.08 Å². The molecule has 2 aliphatic rings. The molecule has 1 aliphatic heterocycles. The second-order valence-corrected chi connectivity index (χ2v) is 9.40. The van der Waals surface area contributed by atoms with Gasteiger partial charge < -0.3 is 9.88 Å². The first-order valence-electron chi connectivity index (χ1n) is 9.75. The number of carbonyl (C=O) groups is 1. The third-order valence-corrected chi connectivity index (χ3v) is 6.84. The zero-order valence-corrected chi connectivity index (χ0v) is 18.6. The number of amides is 1. The van der Waals surface area contributed by atoms with Gasteiger partial charge in [0.15, 0.2) is 5.17 Å². The lowest BCUT2D eigenvalue weighted by molar-refractivity contribution is -0.115. The van der Waals surface area contributed by atoms with Crippen LogP contribution in [0.5, 0.6) is 0 Å². The van der Waals surface area contributed by atoms with Gasteiger partial charge in [-0.3, -0.25) is 4.79 Å². The van der Waals surface area contributed by atoms with Crippen LogP contribution in [0.4, 0.5) is 5.69 Å². The highest BCUT2D eigenvalue weighted by molar-refractivity contribution is 9.10. The molecule has 1 N–H and O–H groups in total. The number of aryl methyl sites for hydroxylation is 1. The molecular weight excluding hydrogens is 434 g/mol. The highest BCUT2D eigenvalue weighted by Gasteiger charge is 2.25. The van der Waals surface area contributed by atoms with Crippen LogP contribution >= 0.6 is 27.7 Å². The van der Waals surface area contributed by atoms with Crippen LogP contribution < -0.4 is 5.32 Å². The van der Waals surface area contributed by atoms with E-state index >= 15 is 0 Å². The molecule has 1 amide bonds. The Morgan fingerprint density at radius 3 is 2.75 bits per heavy atom. The van der Waals surface area contributed by atoms with Crippen molar-refractivity contribution < 1.29 is 4.79 Å². The predicted octanol–water partition coefficient (Wildman–Crippen LogP) is 6.26. The summed E-state index contributed by atoms with van der Waals surface area (Å²) >= 11 is 4.85. The van der Waals surface area contributed by atoms with Gasteiger partial charge in [0, 0.05) is 21.9 Å². The number of nitrogens with zero attached hydrogens (tertiary/aromatic N) is 2. The first kappa shape index (κ1) is 19.5. The molecule has 0 bridgehead atoms. The standard InChI is InChI=1S/C22H24BrN3OS/c1-14-11-16(15(2)26(14)19-9-4-3-5-10-19)12-20-21(27)25-22(28-20)24-18-8-6-7-17(23)13-18/h6-8,11-13,19H,3-5,9-10H2,1-2H3,(H,24,25,27)/b20-12-. The van der Waals surface area contributed by atoms with Crippen LogP contribution in [0.15, 0.2) is 44.7 Å². The van der Waals surface area contributed by atoms with Gasteiger partial charge in [0.1, 0.15) is 0 Å². The maximum atomic E-state index is 12.5. The summed E-state index contributed by atoms with van der Waals surface area (Å²) in [5, 5.41) is 3.50. The molecule has 28 heavy (non-hydrogen) atoms. The van der Waals surface area contributed by atoms with E-state index in [0.29, 0.717) is 16.1 Å². The Balaban J connectivity index is 1.58. The quantitative estimate of drug-likeness (QED) is 0.552. The van der Waals surface area contributed by atoms with E-state index in [1.54, 1.807) is 0 Å². The number of nitrogens with one attached hydrogen (secondary N) is 1. The molecule has 1 aromatic carbocycles. The molecule has 4 nitrogen and oxygen atoms in total. The Morgan fingerprint density at radius 1 is 1.21 bits per heavy atom. The Kier molecular flexibility index (Phi) is 5.78. The molecule has 2 fully saturated rings. The predicted molar refractivity (Wildman–Crippen MR) is 121 cm³/mol. The smallest absolute Gasteiger partial charge is 0.264 e. The molecule has 1 aromatic heterocycles. The van der Waals surface area contributed by atoms with Crippen LogP contribution in [-0.2, 0) is 4.79 Å². The van der Waals surface area contributed by atoms with Crippen molar-refractivity contribution in [3.05, 3.63) is 56.7 Å². The Hall–Kier alpha value is -1.79. The Bertz CT molecular complexity index is 970. The van der Waals surface area contributed by atoms with E-state index in [0.717, 1.165) is 15.7 Å². The zero-order chi connectivity index (χ0) is 19.7. The maximum Gasteiger partial charge on any atom is 0.264 e. The molecule has 1 aliphatic carbocycles. The van der Waals surface area contributed by atoms with E-state index < -0.39 is 0 Å². The van der Waals surface area contributed by atoms with Crippen molar-refractivity contribution in [2.75, 3.05) is 0 Å². The largest absolute Gasteiger partial charge is 0.346 e. The fourth-order valence-corrected chi connectivity index (χ4v) is 5.35. The van der Waals surface area contributed by atoms with Crippen molar-refractivity contribution in [2.24, 2.45) is 4.99 Å². The van der Waals surface area contributed by atoms with Crippen molar-refractivity contribution in [2.45, 2.75) is 52.0 Å². The van der Waals surface area contributed by atoms with Crippen LogP contribution in [0.1, 0.15) is 55.1 Å². The number of hydrogen-bond acceptors (Lipinski definition) is 3. The van der Waals surface area contributed by atoms with Crippen LogP contribution in [0.3, 0.4) is 0 Å². The van der Waals surface area contributed by atoms with Crippen LogP contribution in [0, 0.1) is 13.8 Å². The summed E-state index contributed by atoms with van der Waals surface area (Å²) in [5.41, 5.74) is 4.48. The van der Waals surface area contributed by atoms with E-state index in [4.69, 9.17) is 0 Å². The highest BCUT2D eigenvalue weighted by atomic mass is 79.9. The zero-order valence-electron chi connectivity index (χ0n) is 16.2. The minimum atomic E-state index is -0.0822. The van der Waals surface area contributed by atoms with E-state index in [-0.39, 0.29) is 5.91 Å². The van der Waals surface area contributed by atoms with Crippen LogP contribution in [-0.4, -0.2) is 15.6 Å². The molecule has 1 saturated carbocycles. The summed E-state index contributed by atoms with van der Waals surface area (Å²) in [6, 6.07) is 10.5. The topological polar surface area (TPSA) is 46.4 Å². The number of aliphatic imine (C=N–C) groups is 1. The summed E-state index contributed by atoms with van der Waals surface area (Å²) in [6.07, 6.45) is 8.49. The fourth-order valence-electron chi connectivity index (χ4n) is 4.13. The van der Waals surface area contributed by atoms with Gasteiger partial charge in [-0.25, -0.2) is 4.99 Å². The molecule has 0 spiro atoms. The monoisotopic (exact) mass is 457 g/mol. The SMILES string of the molecule is Cc1cc(/C=C2\SC(=Nc3cccc(Br)c3)NC2=O)c(C)n1C1CCCCC1. The van der Waals surface area contributed by atoms with Crippen molar-refractivity contribution in [1.82, 2.24) is 9.88 Å². The van der Waals surface area contributed by atoms with Gasteiger partial charge in [0.05, 0.1) is 10.6 Å².